The van der Waals surface area contributed by atoms with Crippen LogP contribution in [0.3, 0.4) is 0 Å². The standard InChI is InChI=1S/B79HS/c1-41(2)62(42(3)4)72(63(43(5)6)44(7)8)77(73(64(45(9)10)46(11)12)65(47(13)14)48(15)16)79(76(70(57(33)34)58(35)36)71(59(37)38)60(39)61(40)80)78(74(66(49(17)18)50(19)20)67(51(21)22)52(23)24)75(68(53(25)26)54(27)28)69(55(29)30)56(31)32/h80H. The predicted octanol–water partition coefficient (Wildman–Crippen LogP) is -29.7. The molecule has 0 saturated carbocycles. The first-order valence-corrected chi connectivity index (χ1v) is 26.8. The maximum absolute atomic E-state index is 7.23. The Balaban J connectivity index is 12.7. The fourth-order valence-electron chi connectivity index (χ4n) is 14.1. The van der Waals surface area contributed by atoms with E-state index < -0.39 is 248 Å². The van der Waals surface area contributed by atoms with Crippen molar-refractivity contribution < 1.29 is 0 Å². The maximum atomic E-state index is 7.23. The lowest BCUT2D eigenvalue weighted by Crippen LogP contribution is -2.99. The van der Waals surface area contributed by atoms with Gasteiger partial charge in [0, 0.05) is 552 Å². The lowest BCUT2D eigenvalue weighted by Gasteiger charge is -2.61. The smallest absolute Gasteiger partial charge is 0.107 e. The Morgan fingerprint density at radius 1 is 0.113 bits per heavy atom. The average Bonchev–Trinajstić information content (AvgIpc) is 3.23. The lowest BCUT2D eigenvalue weighted by molar-refractivity contribution is 3.14. The highest BCUT2D eigenvalue weighted by Gasteiger charge is 2.66. The highest BCUT2D eigenvalue weighted by Crippen LogP contribution is 2.28. The van der Waals surface area contributed by atoms with Crippen molar-refractivity contribution in [2.24, 2.45) is 0 Å². The van der Waals surface area contributed by atoms with Crippen LogP contribution < -0.4 is 0 Å². The molecule has 80 heavy (non-hydrogen) atoms. The van der Waals surface area contributed by atoms with Gasteiger partial charge in [0.1, 0.15) is 5.77 Å². The van der Waals surface area contributed by atoms with E-state index in [9.17, 15) is 0 Å². The molecule has 0 unspecified atom stereocenters. The summed E-state index contributed by atoms with van der Waals surface area (Å²) in [5.41, 5.74) is 0. The quantitative estimate of drug-likeness (QED) is 0.0463. The molecule has 0 rings (SSSR count). The van der Waals surface area contributed by atoms with Gasteiger partial charge in [-0.15, -0.1) is 0 Å². The fourth-order valence-corrected chi connectivity index (χ4v) is 14.3. The molecule has 0 N–H and O–H groups in total. The Labute approximate surface area is 564 Å². The highest BCUT2D eigenvalue weighted by atomic mass is 32.1. The lowest BCUT2D eigenvalue weighted by atomic mass is 8.20. The third-order valence-corrected chi connectivity index (χ3v) is 17.2. The molecule has 0 aliphatic carbocycles. The SMILES string of the molecule is [B]B([B])B(B([B])[B])B(B(B([B])[B])B([B])[B])B(B(B(B([B])[B])B([B])[B])B(B([B])[B])B([B])[B])B(B(B(B([B])[B])B([B])[B])B(B([B])[B])B([B])B([B])S)B(B(B(B([B])[B])B([B])[B])B(B([B])[B])B([B])[B])B(B(B([B])[B])B([B])[B])B(B([B])[B])B([B])[B]. The largest absolute Gasteiger partial charge is 0.248 e. The third-order valence-electron chi connectivity index (χ3n) is 16.8. The van der Waals surface area contributed by atoms with E-state index in [0.717, 1.165) is 0 Å². The van der Waals surface area contributed by atoms with Gasteiger partial charge in [0.2, 0.25) is 0 Å². The van der Waals surface area contributed by atoms with Crippen molar-refractivity contribution in [3.63, 3.8) is 0 Å². The summed E-state index contributed by atoms with van der Waals surface area (Å²) in [4.78, 5) is 0. The van der Waals surface area contributed by atoms with Crippen LogP contribution in [0.1, 0.15) is 0 Å². The molecule has 0 heterocycles. The summed E-state index contributed by atoms with van der Waals surface area (Å²) in [6.45, 7) is 0. The molecule has 0 spiro atoms. The van der Waals surface area contributed by atoms with Gasteiger partial charge in [0.15, 0.2) is 0 Å². The minimum atomic E-state index is -1.91. The zero-order valence-corrected chi connectivity index (χ0v) is 47.0. The first kappa shape index (κ1) is 85.5. The number of hydrogen-bond donors (Lipinski definition) is 1. The highest BCUT2D eigenvalue weighted by molar-refractivity contribution is 8.42. The van der Waals surface area contributed by atoms with Crippen molar-refractivity contribution in [3.8, 4) is 0 Å². The normalized spacial score (nSPS) is 9.81. The van der Waals surface area contributed by atoms with E-state index in [4.69, 9.17) is 309 Å². The molecular formula is HB79S. The van der Waals surface area contributed by atoms with Gasteiger partial charge in [-0.25, -0.2) is 12.5 Å². The summed E-state index contributed by atoms with van der Waals surface area (Å²) in [7, 11) is 275. The van der Waals surface area contributed by atoms with E-state index in [1.807, 2.05) is 0 Å². The van der Waals surface area contributed by atoms with Crippen molar-refractivity contribution in [2.75, 3.05) is 0 Å². The molecule has 0 nitrogen and oxygen atoms in total. The van der Waals surface area contributed by atoms with E-state index in [1.54, 1.807) is 0 Å². The van der Waals surface area contributed by atoms with Gasteiger partial charge in [0.25, 0.3) is 0 Å². The minimum absolute atomic E-state index is 1.39. The van der Waals surface area contributed by atoms with E-state index in [2.05, 4.69) is 12.5 Å². The van der Waals surface area contributed by atoms with Crippen LogP contribution in [0, 0.1) is 0 Å². The van der Waals surface area contributed by atoms with Gasteiger partial charge in [-0.2, -0.15) is 0 Å². The monoisotopic (exact) mass is 903 g/mol. The van der Waals surface area contributed by atoms with E-state index in [0.29, 0.717) is 0 Å². The van der Waals surface area contributed by atoms with Crippen LogP contribution in [0.25, 0.3) is 0 Å². The van der Waals surface area contributed by atoms with Crippen LogP contribution in [0.5, 0.6) is 0 Å². The minimum Gasteiger partial charge on any atom is -0.248 e. The van der Waals surface area contributed by atoms with Gasteiger partial charge in [-0.05, 0) is 0 Å². The Hall–Kier alpha value is 5.48. The van der Waals surface area contributed by atoms with Crippen LogP contribution in [0.2, 0.25) is 0 Å². The summed E-state index contributed by atoms with van der Waals surface area (Å²) >= 11 is 4.61. The van der Waals surface area contributed by atoms with Gasteiger partial charge in [-0.1, -0.05) is 0 Å². The molecule has 80 heteroatoms. The molecule has 0 bridgehead atoms. The molecule has 0 aromatic heterocycles. The average molecular weight is 887 g/mol. The van der Waals surface area contributed by atoms with Gasteiger partial charge >= 0.3 is 0 Å². The summed E-state index contributed by atoms with van der Waals surface area (Å²) in [6, 6.07) is 0. The van der Waals surface area contributed by atoms with Crippen LogP contribution >= 0.6 is 12.5 Å². The third kappa shape index (κ3) is 22.9. The molecule has 0 atom stereocenters. The van der Waals surface area contributed by atoms with E-state index in [1.165, 1.54) is 0 Å². The summed E-state index contributed by atoms with van der Waals surface area (Å²) in [5, 5.41) is 0. The van der Waals surface area contributed by atoms with Gasteiger partial charge in [-0.3, -0.25) is 0 Å². The number of rotatable bonds is 38. The Morgan fingerprint density at radius 2 is 0.188 bits per heavy atom. The molecule has 0 aliphatic heterocycles. The number of hydrogen-bond acceptors (Lipinski definition) is 1. The van der Waals surface area contributed by atoms with E-state index >= 15 is 0 Å². The second-order valence-corrected chi connectivity index (χ2v) is 23.0. The molecule has 80 radical (unpaired) electrons. The zero-order chi connectivity index (χ0) is 63.5. The van der Waals surface area contributed by atoms with Gasteiger partial charge in [0.05, 0.1) is 0 Å². The Kier molecular flexibility index (Phi) is 41.9. The molecule has 0 amide bonds. The predicted molar refractivity (Wildman–Crippen MR) is 464 cm³/mol. The molecule has 0 aromatic carbocycles. The van der Waals surface area contributed by atoms with E-state index in [-0.39, 0.29) is 0 Å². The first-order chi connectivity index (χ1) is 36.3. The zero-order valence-electron chi connectivity index (χ0n) is 46.1. The molecule has 0 saturated heterocycles. The maximum Gasteiger partial charge on any atom is 0.107 e. The van der Waals surface area contributed by atoms with Crippen LogP contribution in [0.4, 0.5) is 0 Å². The van der Waals surface area contributed by atoms with Crippen molar-refractivity contribution >= 4 is 570 Å². The first-order valence-electron chi connectivity index (χ1n) is 26.3. The van der Waals surface area contributed by atoms with Crippen molar-refractivity contribution in [3.05, 3.63) is 0 Å². The molecular weight excluding hydrogens is 886 g/mol. The molecule has 0 fully saturated rings. The van der Waals surface area contributed by atoms with Crippen LogP contribution in [-0.4, -0.2) is 558 Å². The van der Waals surface area contributed by atoms with Crippen LogP contribution in [-0.2, 0) is 0 Å². The molecule has 244 valence electrons. The summed E-state index contributed by atoms with van der Waals surface area (Å²) in [5.74, 6) is -1.39. The molecule has 0 aliphatic rings. The second-order valence-electron chi connectivity index (χ2n) is 22.4. The van der Waals surface area contributed by atoms with Crippen molar-refractivity contribution in [1.82, 2.24) is 0 Å². The Morgan fingerprint density at radius 3 is 0.263 bits per heavy atom. The Bertz CT molecular complexity index is 1240. The van der Waals surface area contributed by atoms with Crippen LogP contribution in [0.15, 0.2) is 0 Å². The topological polar surface area (TPSA) is 0 Å². The fraction of sp³-hybridized carbons (Fsp3) is 0. The second kappa shape index (κ2) is 39.2. The molecule has 0 aromatic rings. The van der Waals surface area contributed by atoms with Gasteiger partial charge < -0.3 is 0 Å². The summed E-state index contributed by atoms with van der Waals surface area (Å²) < 4.78 is 0. The van der Waals surface area contributed by atoms with Crippen molar-refractivity contribution in [1.29, 1.82) is 0 Å². The van der Waals surface area contributed by atoms with Crippen molar-refractivity contribution in [2.45, 2.75) is 0 Å². The summed E-state index contributed by atoms with van der Waals surface area (Å²) in [6.07, 6.45) is -63.4. The number of thiol groups is 1.